The topological polar surface area (TPSA) is 38.3 Å². The lowest BCUT2D eigenvalue weighted by Crippen LogP contribution is -2.72. The van der Waals surface area contributed by atoms with Crippen LogP contribution in [0.25, 0.3) is 0 Å². The second-order valence-electron chi connectivity index (χ2n) is 6.34. The maximum atomic E-state index is 12.1. The van der Waals surface area contributed by atoms with Crippen LogP contribution in [-0.4, -0.2) is 26.2 Å². The molecule has 0 saturated heterocycles. The van der Waals surface area contributed by atoms with Crippen molar-refractivity contribution in [1.82, 2.24) is 5.32 Å². The van der Waals surface area contributed by atoms with Gasteiger partial charge < -0.3 is 10.1 Å². The van der Waals surface area contributed by atoms with E-state index in [4.69, 9.17) is 4.74 Å². The largest absolute Gasteiger partial charge is 0.469 e. The minimum atomic E-state index is -0.0622. The van der Waals surface area contributed by atoms with Gasteiger partial charge in [-0.3, -0.25) is 4.79 Å². The van der Waals surface area contributed by atoms with Gasteiger partial charge in [0, 0.05) is 6.04 Å². The van der Waals surface area contributed by atoms with Crippen LogP contribution in [0.4, 0.5) is 0 Å². The Labute approximate surface area is 95.9 Å². The highest BCUT2D eigenvalue weighted by atomic mass is 16.5. The first kappa shape index (κ1) is 9.46. The van der Waals surface area contributed by atoms with Gasteiger partial charge in [0.15, 0.2) is 0 Å². The molecule has 3 nitrogen and oxygen atoms in total. The van der Waals surface area contributed by atoms with E-state index in [0.29, 0.717) is 11.5 Å². The van der Waals surface area contributed by atoms with Crippen LogP contribution in [0.5, 0.6) is 0 Å². The summed E-state index contributed by atoms with van der Waals surface area (Å²) >= 11 is 0. The standard InChI is InChI=1S/C13H19NO2/c1-14-10-7-4-12(11(15)16-2)6-8-3-9(10)13(8,12)5-7/h7-10,14H,3-6H2,1-2H3. The van der Waals surface area contributed by atoms with Gasteiger partial charge in [0.2, 0.25) is 0 Å². The van der Waals surface area contributed by atoms with E-state index in [-0.39, 0.29) is 11.4 Å². The Bertz CT molecular complexity index is 382. The van der Waals surface area contributed by atoms with E-state index in [1.165, 1.54) is 12.8 Å². The normalized spacial score (nSPS) is 59.9. The summed E-state index contributed by atoms with van der Waals surface area (Å²) in [6.07, 6.45) is 4.82. The fourth-order valence-corrected chi connectivity index (χ4v) is 6.14. The highest BCUT2D eigenvalue weighted by molar-refractivity contribution is 5.81. The number of carbonyl (C=O) groups is 1. The first-order valence-electron chi connectivity index (χ1n) is 6.45. The summed E-state index contributed by atoms with van der Waals surface area (Å²) in [7, 11) is 3.63. The van der Waals surface area contributed by atoms with Crippen molar-refractivity contribution in [3.05, 3.63) is 0 Å². The van der Waals surface area contributed by atoms with Gasteiger partial charge in [-0.2, -0.15) is 0 Å². The molecule has 0 aromatic rings. The number of esters is 1. The first-order valence-corrected chi connectivity index (χ1v) is 6.45. The number of hydrogen-bond donors (Lipinski definition) is 1. The molecule has 1 spiro atoms. The minimum Gasteiger partial charge on any atom is -0.469 e. The van der Waals surface area contributed by atoms with Gasteiger partial charge in [0.25, 0.3) is 0 Å². The molecule has 4 aliphatic rings. The van der Waals surface area contributed by atoms with Gasteiger partial charge in [-0.05, 0) is 55.9 Å². The molecular weight excluding hydrogens is 202 g/mol. The Morgan fingerprint density at radius 3 is 2.81 bits per heavy atom. The number of rotatable bonds is 2. The van der Waals surface area contributed by atoms with Gasteiger partial charge in [0.1, 0.15) is 0 Å². The van der Waals surface area contributed by atoms with Gasteiger partial charge >= 0.3 is 5.97 Å². The number of methoxy groups -OCH3 is 1. The Morgan fingerprint density at radius 1 is 1.38 bits per heavy atom. The van der Waals surface area contributed by atoms with Crippen molar-refractivity contribution in [2.75, 3.05) is 14.2 Å². The average Bonchev–Trinajstić information content (AvgIpc) is 2.73. The first-order chi connectivity index (χ1) is 7.69. The molecule has 4 saturated carbocycles. The Morgan fingerprint density at radius 2 is 2.19 bits per heavy atom. The van der Waals surface area contributed by atoms with E-state index < -0.39 is 0 Å². The molecule has 4 fully saturated rings. The van der Waals surface area contributed by atoms with Crippen LogP contribution >= 0.6 is 0 Å². The van der Waals surface area contributed by atoms with Gasteiger partial charge in [-0.15, -0.1) is 0 Å². The summed E-state index contributed by atoms with van der Waals surface area (Å²) in [4.78, 5) is 12.1. The second kappa shape index (κ2) is 2.47. The zero-order valence-corrected chi connectivity index (χ0v) is 9.95. The van der Waals surface area contributed by atoms with Crippen LogP contribution in [0.1, 0.15) is 25.7 Å². The molecule has 3 heteroatoms. The van der Waals surface area contributed by atoms with Crippen molar-refractivity contribution in [2.45, 2.75) is 31.7 Å². The van der Waals surface area contributed by atoms with Crippen molar-refractivity contribution < 1.29 is 9.53 Å². The molecule has 16 heavy (non-hydrogen) atoms. The maximum absolute atomic E-state index is 12.1. The molecule has 0 aromatic carbocycles. The highest BCUT2D eigenvalue weighted by Crippen LogP contribution is 2.86. The maximum Gasteiger partial charge on any atom is 0.312 e. The SMILES string of the molecule is CNC1C2CC3(C(=O)OC)CC4CC1C43C2. The Kier molecular flexibility index (Phi) is 1.46. The quantitative estimate of drug-likeness (QED) is 0.712. The van der Waals surface area contributed by atoms with Crippen LogP contribution < -0.4 is 5.32 Å². The Hall–Kier alpha value is -0.570. The lowest BCUT2D eigenvalue weighted by Gasteiger charge is -2.72. The van der Waals surface area contributed by atoms with Gasteiger partial charge in [-0.25, -0.2) is 0 Å². The molecule has 0 heterocycles. The number of fused-ring (bicyclic) bond motifs is 1. The van der Waals surface area contributed by atoms with Crippen LogP contribution in [0.3, 0.4) is 0 Å². The van der Waals surface area contributed by atoms with Gasteiger partial charge in [-0.1, -0.05) is 0 Å². The number of nitrogens with one attached hydrogen (secondary N) is 1. The van der Waals surface area contributed by atoms with E-state index in [2.05, 4.69) is 12.4 Å². The van der Waals surface area contributed by atoms with Crippen molar-refractivity contribution in [1.29, 1.82) is 0 Å². The molecule has 1 N–H and O–H groups in total. The molecular formula is C13H19NO2. The second-order valence-corrected chi connectivity index (χ2v) is 6.34. The van der Waals surface area contributed by atoms with E-state index in [0.717, 1.165) is 30.6 Å². The number of carbonyl (C=O) groups excluding carboxylic acids is 1. The molecule has 0 amide bonds. The summed E-state index contributed by atoms with van der Waals surface area (Å²) in [6, 6.07) is 0.675. The fourth-order valence-electron chi connectivity index (χ4n) is 6.14. The average molecular weight is 221 g/mol. The molecule has 6 atom stereocenters. The molecule has 0 radical (unpaired) electrons. The van der Waals surface area contributed by atoms with E-state index in [1.54, 1.807) is 7.11 Å². The fraction of sp³-hybridized carbons (Fsp3) is 0.923. The monoisotopic (exact) mass is 221 g/mol. The third-order valence-corrected chi connectivity index (χ3v) is 6.48. The van der Waals surface area contributed by atoms with Crippen LogP contribution in [-0.2, 0) is 9.53 Å². The van der Waals surface area contributed by atoms with E-state index in [9.17, 15) is 4.79 Å². The summed E-state index contributed by atoms with van der Waals surface area (Å²) in [5, 5.41) is 3.48. The van der Waals surface area contributed by atoms with Crippen molar-refractivity contribution in [2.24, 2.45) is 28.6 Å². The summed E-state index contributed by atoms with van der Waals surface area (Å²) < 4.78 is 5.08. The van der Waals surface area contributed by atoms with Crippen molar-refractivity contribution >= 4 is 5.97 Å². The molecule has 0 aromatic heterocycles. The smallest absolute Gasteiger partial charge is 0.312 e. The van der Waals surface area contributed by atoms with Crippen molar-refractivity contribution in [3.63, 3.8) is 0 Å². The molecule has 2 bridgehead atoms. The van der Waals surface area contributed by atoms with E-state index in [1.807, 2.05) is 0 Å². The summed E-state index contributed by atoms with van der Waals surface area (Å²) in [5.41, 5.74) is 0.297. The third kappa shape index (κ3) is 0.629. The Balaban J connectivity index is 1.76. The highest BCUT2D eigenvalue weighted by Gasteiger charge is 2.85. The summed E-state index contributed by atoms with van der Waals surface area (Å²) in [5.74, 6) is 2.40. The minimum absolute atomic E-state index is 0.0622. The van der Waals surface area contributed by atoms with Crippen LogP contribution in [0.2, 0.25) is 0 Å². The lowest BCUT2D eigenvalue weighted by atomic mass is 9.31. The number of hydrogen-bond acceptors (Lipinski definition) is 3. The predicted octanol–water partition coefficient (Wildman–Crippen LogP) is 1.18. The van der Waals surface area contributed by atoms with E-state index >= 15 is 0 Å². The number of ether oxygens (including phenoxy) is 1. The molecule has 4 aliphatic carbocycles. The van der Waals surface area contributed by atoms with Gasteiger partial charge in [0.05, 0.1) is 12.5 Å². The molecule has 0 aliphatic heterocycles. The van der Waals surface area contributed by atoms with Crippen LogP contribution in [0.15, 0.2) is 0 Å². The van der Waals surface area contributed by atoms with Crippen LogP contribution in [0, 0.1) is 28.6 Å². The molecule has 88 valence electrons. The molecule has 4 rings (SSSR count). The zero-order valence-electron chi connectivity index (χ0n) is 9.95. The lowest BCUT2D eigenvalue weighted by molar-refractivity contribution is -0.254. The third-order valence-electron chi connectivity index (χ3n) is 6.48. The predicted molar refractivity (Wildman–Crippen MR) is 58.7 cm³/mol. The van der Waals surface area contributed by atoms with Crippen molar-refractivity contribution in [3.8, 4) is 0 Å². The molecule has 6 unspecified atom stereocenters. The zero-order chi connectivity index (χ0) is 11.1. The summed E-state index contributed by atoms with van der Waals surface area (Å²) in [6.45, 7) is 0.